The van der Waals surface area contributed by atoms with Gasteiger partial charge in [-0.3, -0.25) is 10.1 Å². The van der Waals surface area contributed by atoms with Gasteiger partial charge in [-0.15, -0.1) is 18.2 Å². The van der Waals surface area contributed by atoms with Gasteiger partial charge in [0.15, 0.2) is 0 Å². The Morgan fingerprint density at radius 2 is 2.69 bits per heavy atom. The Morgan fingerprint density at radius 3 is 3.15 bits per heavy atom. The molecule has 0 bridgehead atoms. The SMILES string of the molecule is C#CC(CC)NC(=O)C1CSCN1. The van der Waals surface area contributed by atoms with Crippen LogP contribution in [0.1, 0.15) is 13.3 Å². The minimum Gasteiger partial charge on any atom is -0.341 e. The number of nitrogens with one attached hydrogen (secondary N) is 2. The fourth-order valence-corrected chi connectivity index (χ4v) is 2.04. The molecule has 72 valence electrons. The van der Waals surface area contributed by atoms with E-state index in [-0.39, 0.29) is 18.0 Å². The van der Waals surface area contributed by atoms with Crippen LogP contribution >= 0.6 is 11.8 Å². The highest BCUT2D eigenvalue weighted by Crippen LogP contribution is 2.09. The molecular weight excluding hydrogens is 184 g/mol. The second-order valence-corrected chi connectivity index (χ2v) is 3.94. The molecule has 13 heavy (non-hydrogen) atoms. The second-order valence-electron chi connectivity index (χ2n) is 2.91. The van der Waals surface area contributed by atoms with Gasteiger partial charge in [-0.2, -0.15) is 0 Å². The summed E-state index contributed by atoms with van der Waals surface area (Å²) in [4.78, 5) is 11.5. The third-order valence-corrected chi connectivity index (χ3v) is 2.90. The molecule has 1 amide bonds. The average molecular weight is 198 g/mol. The van der Waals surface area contributed by atoms with Crippen LogP contribution in [-0.2, 0) is 4.79 Å². The monoisotopic (exact) mass is 198 g/mol. The lowest BCUT2D eigenvalue weighted by Gasteiger charge is -2.14. The molecule has 1 saturated heterocycles. The normalized spacial score (nSPS) is 23.5. The first-order valence-corrected chi connectivity index (χ1v) is 5.51. The number of carbonyl (C=O) groups excluding carboxylic acids is 1. The molecule has 0 aliphatic carbocycles. The predicted octanol–water partition coefficient (Wildman–Crippen LogP) is 0.177. The van der Waals surface area contributed by atoms with Gasteiger partial charge in [0, 0.05) is 11.6 Å². The van der Waals surface area contributed by atoms with Crippen LogP contribution in [-0.4, -0.2) is 29.6 Å². The van der Waals surface area contributed by atoms with Crippen molar-refractivity contribution < 1.29 is 4.79 Å². The number of terminal acetylenes is 1. The van der Waals surface area contributed by atoms with Crippen molar-refractivity contribution in [2.24, 2.45) is 0 Å². The number of thioether (sulfide) groups is 1. The van der Waals surface area contributed by atoms with Gasteiger partial charge in [0.05, 0.1) is 12.1 Å². The summed E-state index contributed by atoms with van der Waals surface area (Å²) in [5, 5.41) is 5.90. The van der Waals surface area contributed by atoms with Crippen molar-refractivity contribution in [1.82, 2.24) is 10.6 Å². The molecule has 1 aliphatic rings. The topological polar surface area (TPSA) is 41.1 Å². The summed E-state index contributed by atoms with van der Waals surface area (Å²) >= 11 is 1.73. The van der Waals surface area contributed by atoms with Gasteiger partial charge < -0.3 is 5.32 Å². The third kappa shape index (κ3) is 2.94. The van der Waals surface area contributed by atoms with Gasteiger partial charge in [-0.1, -0.05) is 12.8 Å². The summed E-state index contributed by atoms with van der Waals surface area (Å²) in [5.74, 6) is 4.25. The summed E-state index contributed by atoms with van der Waals surface area (Å²) in [6, 6.07) is -0.188. The lowest BCUT2D eigenvalue weighted by atomic mass is 10.2. The van der Waals surface area contributed by atoms with Crippen molar-refractivity contribution >= 4 is 17.7 Å². The smallest absolute Gasteiger partial charge is 0.238 e. The lowest BCUT2D eigenvalue weighted by molar-refractivity contribution is -0.122. The minimum atomic E-state index is -0.125. The van der Waals surface area contributed by atoms with Gasteiger partial charge >= 0.3 is 0 Å². The summed E-state index contributed by atoms with van der Waals surface area (Å²) < 4.78 is 0. The molecule has 0 aromatic carbocycles. The molecular formula is C9H14N2OS. The maximum absolute atomic E-state index is 11.5. The Bertz CT molecular complexity index is 218. The predicted molar refractivity (Wildman–Crippen MR) is 55.3 cm³/mol. The van der Waals surface area contributed by atoms with E-state index >= 15 is 0 Å². The largest absolute Gasteiger partial charge is 0.341 e. The van der Waals surface area contributed by atoms with E-state index in [0.29, 0.717) is 0 Å². The van der Waals surface area contributed by atoms with Crippen LogP contribution in [0, 0.1) is 12.3 Å². The van der Waals surface area contributed by atoms with Crippen LogP contribution < -0.4 is 10.6 Å². The Hall–Kier alpha value is -0.660. The number of rotatable bonds is 3. The van der Waals surface area contributed by atoms with Gasteiger partial charge in [0.2, 0.25) is 5.91 Å². The first-order chi connectivity index (χ1) is 6.27. The van der Waals surface area contributed by atoms with Gasteiger partial charge in [0.1, 0.15) is 0 Å². The molecule has 0 aromatic rings. The Balaban J connectivity index is 2.35. The van der Waals surface area contributed by atoms with Crippen molar-refractivity contribution in [2.75, 3.05) is 11.6 Å². The van der Waals surface area contributed by atoms with E-state index in [2.05, 4.69) is 16.6 Å². The standard InChI is InChI=1S/C9H14N2OS/c1-3-7(4-2)11-9(12)8-5-13-6-10-8/h1,7-8,10H,4-6H2,2H3,(H,11,12). The van der Waals surface area contributed by atoms with E-state index < -0.39 is 0 Å². The maximum Gasteiger partial charge on any atom is 0.238 e. The lowest BCUT2D eigenvalue weighted by Crippen LogP contribution is -2.45. The van der Waals surface area contributed by atoms with Crippen LogP contribution in [0.15, 0.2) is 0 Å². The molecule has 0 saturated carbocycles. The van der Waals surface area contributed by atoms with E-state index in [9.17, 15) is 4.79 Å². The quantitative estimate of drug-likeness (QED) is 0.636. The van der Waals surface area contributed by atoms with Crippen LogP contribution in [0.3, 0.4) is 0 Å². The van der Waals surface area contributed by atoms with E-state index in [1.807, 2.05) is 6.92 Å². The number of hydrogen-bond donors (Lipinski definition) is 2. The Kier molecular flexibility index (Phi) is 4.13. The summed E-state index contributed by atoms with van der Waals surface area (Å²) in [6.45, 7) is 1.96. The van der Waals surface area contributed by atoms with Crippen molar-refractivity contribution in [3.05, 3.63) is 0 Å². The maximum atomic E-state index is 11.5. The molecule has 1 heterocycles. The van der Waals surface area contributed by atoms with Crippen LogP contribution in [0.5, 0.6) is 0 Å². The van der Waals surface area contributed by atoms with Gasteiger partial charge in [-0.25, -0.2) is 0 Å². The second kappa shape index (κ2) is 5.15. The van der Waals surface area contributed by atoms with E-state index in [0.717, 1.165) is 18.1 Å². The zero-order valence-electron chi connectivity index (χ0n) is 7.67. The summed E-state index contributed by atoms with van der Waals surface area (Å²) in [5.41, 5.74) is 0. The van der Waals surface area contributed by atoms with Crippen LogP contribution in [0.25, 0.3) is 0 Å². The molecule has 1 rings (SSSR count). The molecule has 2 atom stereocenters. The van der Waals surface area contributed by atoms with Crippen LogP contribution in [0.4, 0.5) is 0 Å². The molecule has 2 N–H and O–H groups in total. The molecule has 1 aliphatic heterocycles. The highest BCUT2D eigenvalue weighted by molar-refractivity contribution is 7.99. The highest BCUT2D eigenvalue weighted by Gasteiger charge is 2.23. The first-order valence-electron chi connectivity index (χ1n) is 4.35. The Morgan fingerprint density at radius 1 is 1.92 bits per heavy atom. The fourth-order valence-electron chi connectivity index (χ4n) is 1.10. The molecule has 0 radical (unpaired) electrons. The van der Waals surface area contributed by atoms with Crippen molar-refractivity contribution in [3.63, 3.8) is 0 Å². The molecule has 0 aromatic heterocycles. The molecule has 4 heteroatoms. The molecule has 2 unspecified atom stereocenters. The Labute approximate surface area is 83.0 Å². The summed E-state index contributed by atoms with van der Waals surface area (Å²) in [6.07, 6.45) is 6.02. The zero-order chi connectivity index (χ0) is 9.68. The fraction of sp³-hybridized carbons (Fsp3) is 0.667. The van der Waals surface area contributed by atoms with Crippen LogP contribution in [0.2, 0.25) is 0 Å². The minimum absolute atomic E-state index is 0.0230. The number of amides is 1. The third-order valence-electron chi connectivity index (χ3n) is 1.96. The molecule has 1 fully saturated rings. The summed E-state index contributed by atoms with van der Waals surface area (Å²) in [7, 11) is 0. The van der Waals surface area contributed by atoms with Gasteiger partial charge in [-0.05, 0) is 6.42 Å². The van der Waals surface area contributed by atoms with Crippen molar-refractivity contribution in [3.8, 4) is 12.3 Å². The number of hydrogen-bond acceptors (Lipinski definition) is 3. The van der Waals surface area contributed by atoms with Gasteiger partial charge in [0.25, 0.3) is 0 Å². The van der Waals surface area contributed by atoms with Crippen molar-refractivity contribution in [1.29, 1.82) is 0 Å². The molecule has 3 nitrogen and oxygen atoms in total. The average Bonchev–Trinajstić information content (AvgIpc) is 2.66. The highest BCUT2D eigenvalue weighted by atomic mass is 32.2. The van der Waals surface area contributed by atoms with Crippen molar-refractivity contribution in [2.45, 2.75) is 25.4 Å². The molecule has 0 spiro atoms. The number of carbonyl (C=O) groups is 1. The van der Waals surface area contributed by atoms with E-state index in [1.54, 1.807) is 11.8 Å². The first kappa shape index (κ1) is 10.4. The van der Waals surface area contributed by atoms with E-state index in [1.165, 1.54) is 0 Å². The van der Waals surface area contributed by atoms with E-state index in [4.69, 9.17) is 6.42 Å². The zero-order valence-corrected chi connectivity index (χ0v) is 8.49.